The second kappa shape index (κ2) is 6.15. The number of hydrogen-bond donors (Lipinski definition) is 1. The van der Waals surface area contributed by atoms with Gasteiger partial charge in [-0.05, 0) is 37.0 Å². The lowest BCUT2D eigenvalue weighted by Gasteiger charge is -2.26. The summed E-state index contributed by atoms with van der Waals surface area (Å²) in [5.74, 6) is 0. The number of hydrogen-bond acceptors (Lipinski definition) is 3. The van der Waals surface area contributed by atoms with Crippen LogP contribution in [0.2, 0.25) is 0 Å². The number of halogens is 1. The van der Waals surface area contributed by atoms with Crippen LogP contribution in [0.4, 0.5) is 0 Å². The summed E-state index contributed by atoms with van der Waals surface area (Å²) >= 11 is 3.62. The molecule has 0 saturated heterocycles. The number of methoxy groups -OCH3 is 2. The third kappa shape index (κ3) is 2.77. The van der Waals surface area contributed by atoms with Crippen molar-refractivity contribution in [1.29, 1.82) is 0 Å². The Labute approximate surface area is 117 Å². The first-order valence-electron chi connectivity index (χ1n) is 6.26. The Morgan fingerprint density at radius 2 is 2.06 bits per heavy atom. The van der Waals surface area contributed by atoms with Crippen LogP contribution in [0.25, 0.3) is 0 Å². The molecular formula is C14H20BrNO2. The van der Waals surface area contributed by atoms with E-state index >= 15 is 0 Å². The molecule has 0 amide bonds. The Kier molecular flexibility index (Phi) is 4.78. The number of ether oxygens (including phenoxy) is 2. The molecule has 1 aromatic carbocycles. The first-order valence-corrected chi connectivity index (χ1v) is 7.05. The Hall–Kier alpha value is -0.420. The van der Waals surface area contributed by atoms with Crippen LogP contribution in [-0.4, -0.2) is 26.6 Å². The normalized spacial score (nSPS) is 20.2. The van der Waals surface area contributed by atoms with E-state index in [1.165, 1.54) is 15.6 Å². The Bertz CT molecular complexity index is 407. The molecule has 1 aliphatic rings. The van der Waals surface area contributed by atoms with Gasteiger partial charge in [-0.15, -0.1) is 0 Å². The van der Waals surface area contributed by atoms with Gasteiger partial charge in [0.15, 0.2) is 6.29 Å². The highest BCUT2D eigenvalue weighted by atomic mass is 79.9. The van der Waals surface area contributed by atoms with E-state index in [0.717, 1.165) is 12.8 Å². The maximum absolute atomic E-state index is 5.29. The van der Waals surface area contributed by atoms with Crippen LogP contribution in [0.5, 0.6) is 0 Å². The van der Waals surface area contributed by atoms with E-state index in [1.807, 2.05) is 0 Å². The lowest BCUT2D eigenvalue weighted by molar-refractivity contribution is -0.121. The van der Waals surface area contributed by atoms with Gasteiger partial charge < -0.3 is 14.8 Å². The zero-order chi connectivity index (χ0) is 13.1. The molecule has 4 heteroatoms. The summed E-state index contributed by atoms with van der Waals surface area (Å²) in [5.41, 5.74) is 2.82. The molecule has 18 heavy (non-hydrogen) atoms. The van der Waals surface area contributed by atoms with Gasteiger partial charge in [0.05, 0.1) is 6.04 Å². The van der Waals surface area contributed by atoms with Gasteiger partial charge >= 0.3 is 0 Å². The lowest BCUT2D eigenvalue weighted by Crippen LogP contribution is -2.41. The van der Waals surface area contributed by atoms with Crippen LogP contribution in [-0.2, 0) is 15.9 Å². The molecule has 2 rings (SSSR count). The van der Waals surface area contributed by atoms with E-state index in [9.17, 15) is 0 Å². The van der Waals surface area contributed by atoms with Crippen molar-refractivity contribution in [3.63, 3.8) is 0 Å². The van der Waals surface area contributed by atoms with Gasteiger partial charge in [-0.25, -0.2) is 0 Å². The summed E-state index contributed by atoms with van der Waals surface area (Å²) in [6.45, 7) is 2.09. The standard InChI is InChI=1S/C14H20BrNO2/c1-9(14(17-2)18-3)16-13-8-7-10-11(13)5-4-6-12(10)15/h4-6,9,13-14,16H,7-8H2,1-3H3. The van der Waals surface area contributed by atoms with Crippen molar-refractivity contribution in [2.24, 2.45) is 0 Å². The topological polar surface area (TPSA) is 30.5 Å². The van der Waals surface area contributed by atoms with Gasteiger partial charge in [-0.1, -0.05) is 28.1 Å². The van der Waals surface area contributed by atoms with E-state index in [4.69, 9.17) is 9.47 Å². The summed E-state index contributed by atoms with van der Waals surface area (Å²) in [7, 11) is 3.34. The van der Waals surface area contributed by atoms with Crippen LogP contribution in [0, 0.1) is 0 Å². The van der Waals surface area contributed by atoms with Crippen LogP contribution < -0.4 is 5.32 Å². The Balaban J connectivity index is 2.08. The van der Waals surface area contributed by atoms with E-state index in [-0.39, 0.29) is 12.3 Å². The van der Waals surface area contributed by atoms with Crippen molar-refractivity contribution >= 4 is 15.9 Å². The maximum atomic E-state index is 5.29. The van der Waals surface area contributed by atoms with Gasteiger partial charge in [0.2, 0.25) is 0 Å². The predicted molar refractivity (Wildman–Crippen MR) is 75.6 cm³/mol. The van der Waals surface area contributed by atoms with E-state index < -0.39 is 0 Å². The highest BCUT2D eigenvalue weighted by Gasteiger charge is 2.27. The van der Waals surface area contributed by atoms with Crippen LogP contribution >= 0.6 is 15.9 Å². The molecule has 0 aromatic heterocycles. The summed E-state index contributed by atoms with van der Waals surface area (Å²) < 4.78 is 11.8. The second-order valence-electron chi connectivity index (χ2n) is 4.69. The van der Waals surface area contributed by atoms with Crippen molar-refractivity contribution in [3.05, 3.63) is 33.8 Å². The number of nitrogens with one attached hydrogen (secondary N) is 1. The summed E-state index contributed by atoms with van der Waals surface area (Å²) in [6.07, 6.45) is 2.04. The molecule has 1 aromatic rings. The molecule has 1 aliphatic carbocycles. The molecule has 0 radical (unpaired) electrons. The molecule has 0 saturated carbocycles. The van der Waals surface area contributed by atoms with E-state index in [1.54, 1.807) is 14.2 Å². The Morgan fingerprint density at radius 1 is 1.33 bits per heavy atom. The van der Waals surface area contributed by atoms with Crippen LogP contribution in [0.1, 0.15) is 30.5 Å². The summed E-state index contributed by atoms with van der Waals surface area (Å²) in [4.78, 5) is 0. The van der Waals surface area contributed by atoms with Gasteiger partial charge in [0.25, 0.3) is 0 Å². The number of fused-ring (bicyclic) bond motifs is 1. The minimum atomic E-state index is -0.207. The molecule has 0 spiro atoms. The molecule has 0 fully saturated rings. The fourth-order valence-electron chi connectivity index (χ4n) is 2.68. The molecular weight excluding hydrogens is 294 g/mol. The average Bonchev–Trinajstić information content (AvgIpc) is 2.76. The highest BCUT2D eigenvalue weighted by molar-refractivity contribution is 9.10. The number of benzene rings is 1. The largest absolute Gasteiger partial charge is 0.354 e. The lowest BCUT2D eigenvalue weighted by atomic mass is 10.1. The molecule has 1 N–H and O–H groups in total. The third-order valence-corrected chi connectivity index (χ3v) is 4.29. The van der Waals surface area contributed by atoms with Crippen LogP contribution in [0.15, 0.2) is 22.7 Å². The molecule has 0 aliphatic heterocycles. The molecule has 2 unspecified atom stereocenters. The van der Waals surface area contributed by atoms with E-state index in [0.29, 0.717) is 6.04 Å². The molecule has 3 nitrogen and oxygen atoms in total. The minimum absolute atomic E-state index is 0.162. The number of rotatable bonds is 5. The van der Waals surface area contributed by atoms with Crippen molar-refractivity contribution in [1.82, 2.24) is 5.32 Å². The zero-order valence-electron chi connectivity index (χ0n) is 11.1. The van der Waals surface area contributed by atoms with Crippen molar-refractivity contribution in [2.75, 3.05) is 14.2 Å². The van der Waals surface area contributed by atoms with Gasteiger partial charge in [-0.3, -0.25) is 0 Å². The fraction of sp³-hybridized carbons (Fsp3) is 0.571. The van der Waals surface area contributed by atoms with E-state index in [2.05, 4.69) is 46.4 Å². The molecule has 0 bridgehead atoms. The summed E-state index contributed by atoms with van der Waals surface area (Å²) in [6, 6.07) is 6.96. The van der Waals surface area contributed by atoms with Gasteiger partial charge in [0, 0.05) is 24.7 Å². The quantitative estimate of drug-likeness (QED) is 0.848. The van der Waals surface area contributed by atoms with Crippen molar-refractivity contribution in [2.45, 2.75) is 38.1 Å². The summed E-state index contributed by atoms with van der Waals surface area (Å²) in [5, 5.41) is 3.59. The van der Waals surface area contributed by atoms with Crippen molar-refractivity contribution < 1.29 is 9.47 Å². The highest BCUT2D eigenvalue weighted by Crippen LogP contribution is 2.35. The molecule has 100 valence electrons. The minimum Gasteiger partial charge on any atom is -0.354 e. The second-order valence-corrected chi connectivity index (χ2v) is 5.55. The van der Waals surface area contributed by atoms with Gasteiger partial charge in [-0.2, -0.15) is 0 Å². The smallest absolute Gasteiger partial charge is 0.171 e. The van der Waals surface area contributed by atoms with Crippen LogP contribution in [0.3, 0.4) is 0 Å². The molecule has 0 heterocycles. The predicted octanol–water partition coefficient (Wildman–Crippen LogP) is 3.03. The van der Waals surface area contributed by atoms with Crippen molar-refractivity contribution in [3.8, 4) is 0 Å². The average molecular weight is 314 g/mol. The van der Waals surface area contributed by atoms with Gasteiger partial charge in [0.1, 0.15) is 0 Å². The first-order chi connectivity index (χ1) is 8.67. The molecule has 2 atom stereocenters. The Morgan fingerprint density at radius 3 is 2.72 bits per heavy atom. The fourth-order valence-corrected chi connectivity index (χ4v) is 3.26. The maximum Gasteiger partial charge on any atom is 0.171 e. The SMILES string of the molecule is COC(OC)C(C)NC1CCc2c(Br)cccc21. The third-order valence-electron chi connectivity index (χ3n) is 3.55. The zero-order valence-corrected chi connectivity index (χ0v) is 12.7. The first kappa shape index (κ1) is 14.0. The monoisotopic (exact) mass is 313 g/mol.